The Labute approximate surface area is 71.2 Å². The maximum Gasteiger partial charge on any atom is 0.309 e. The topological polar surface area (TPSA) is 26.3 Å². The number of hydrogen-bond acceptors (Lipinski definition) is 2. The predicted molar refractivity (Wildman–Crippen MR) is 43.5 cm³/mol. The van der Waals surface area contributed by atoms with Gasteiger partial charge in [-0.2, -0.15) is 0 Å². The van der Waals surface area contributed by atoms with E-state index in [9.17, 15) is 4.79 Å². The molecule has 1 aliphatic carbocycles. The Hall–Kier alpha value is -0.500. The number of methoxy groups -OCH3 is 1. The van der Waals surface area contributed by atoms with E-state index in [1.54, 1.807) is 0 Å². The first-order chi connectivity index (χ1) is 5.24. The third-order valence-corrected chi connectivity index (χ3v) is 2.13. The monoisotopic (exact) mass is 174 g/mol. The average Bonchev–Trinajstić information content (AvgIpc) is 2.03. The molecule has 11 heavy (non-hydrogen) atoms. The number of allylic oxidation sites excluding steroid dienone is 2. The van der Waals surface area contributed by atoms with E-state index in [1.165, 1.54) is 7.11 Å². The SMILES string of the molecule is COC(=O)C1CC=CC(Cl)C1. The van der Waals surface area contributed by atoms with Crippen molar-refractivity contribution >= 4 is 17.6 Å². The van der Waals surface area contributed by atoms with Crippen molar-refractivity contribution in [2.45, 2.75) is 18.2 Å². The Bertz CT molecular complexity index is 177. The second-order valence-electron chi connectivity index (χ2n) is 2.64. The lowest BCUT2D eigenvalue weighted by atomic mass is 9.94. The lowest BCUT2D eigenvalue weighted by molar-refractivity contribution is -0.145. The summed E-state index contributed by atoms with van der Waals surface area (Å²) < 4.78 is 4.61. The fourth-order valence-electron chi connectivity index (χ4n) is 1.20. The van der Waals surface area contributed by atoms with Crippen LogP contribution in [0.3, 0.4) is 0 Å². The van der Waals surface area contributed by atoms with Crippen molar-refractivity contribution in [1.29, 1.82) is 0 Å². The van der Waals surface area contributed by atoms with Crippen molar-refractivity contribution in [3.8, 4) is 0 Å². The first-order valence-corrected chi connectivity index (χ1v) is 4.06. The molecule has 0 N–H and O–H groups in total. The Kier molecular flexibility index (Phi) is 2.94. The second-order valence-corrected chi connectivity index (χ2v) is 3.20. The molecule has 2 atom stereocenters. The van der Waals surface area contributed by atoms with E-state index in [-0.39, 0.29) is 17.3 Å². The van der Waals surface area contributed by atoms with Crippen LogP contribution in [0.15, 0.2) is 12.2 Å². The molecule has 0 amide bonds. The van der Waals surface area contributed by atoms with Crippen LogP contribution in [-0.4, -0.2) is 18.5 Å². The molecule has 1 rings (SSSR count). The summed E-state index contributed by atoms with van der Waals surface area (Å²) in [5.41, 5.74) is 0. The van der Waals surface area contributed by atoms with Crippen molar-refractivity contribution in [3.05, 3.63) is 12.2 Å². The molecule has 2 unspecified atom stereocenters. The molecule has 0 aromatic rings. The van der Waals surface area contributed by atoms with Crippen LogP contribution in [0.2, 0.25) is 0 Å². The molecule has 62 valence electrons. The van der Waals surface area contributed by atoms with Gasteiger partial charge in [-0.25, -0.2) is 0 Å². The number of carbonyl (C=O) groups excluding carboxylic acids is 1. The van der Waals surface area contributed by atoms with E-state index in [1.807, 2.05) is 12.2 Å². The Morgan fingerprint density at radius 3 is 3.00 bits per heavy atom. The number of hydrogen-bond donors (Lipinski definition) is 0. The molecule has 3 heteroatoms. The normalized spacial score (nSPS) is 30.0. The molecule has 0 heterocycles. The molecule has 0 radical (unpaired) electrons. The number of esters is 1. The van der Waals surface area contributed by atoms with Crippen molar-refractivity contribution in [3.63, 3.8) is 0 Å². The summed E-state index contributed by atoms with van der Waals surface area (Å²) >= 11 is 5.82. The van der Waals surface area contributed by atoms with Gasteiger partial charge in [0, 0.05) is 0 Å². The minimum absolute atomic E-state index is 0.00662. The summed E-state index contributed by atoms with van der Waals surface area (Å²) in [6.45, 7) is 0. The smallest absolute Gasteiger partial charge is 0.309 e. The fraction of sp³-hybridized carbons (Fsp3) is 0.625. The maximum atomic E-state index is 11.0. The predicted octanol–water partition coefficient (Wildman–Crippen LogP) is 1.73. The lowest BCUT2D eigenvalue weighted by Crippen LogP contribution is -2.21. The molecular weight excluding hydrogens is 164 g/mol. The van der Waals surface area contributed by atoms with Gasteiger partial charge in [0.1, 0.15) is 0 Å². The molecule has 0 aromatic carbocycles. The number of rotatable bonds is 1. The second kappa shape index (κ2) is 3.77. The molecular formula is C8H11ClO2. The van der Waals surface area contributed by atoms with E-state index in [2.05, 4.69) is 4.74 Å². The molecule has 2 nitrogen and oxygen atoms in total. The van der Waals surface area contributed by atoms with Crippen molar-refractivity contribution < 1.29 is 9.53 Å². The van der Waals surface area contributed by atoms with Gasteiger partial charge in [-0.05, 0) is 12.8 Å². The Morgan fingerprint density at radius 2 is 2.45 bits per heavy atom. The zero-order valence-corrected chi connectivity index (χ0v) is 7.17. The highest BCUT2D eigenvalue weighted by atomic mass is 35.5. The highest BCUT2D eigenvalue weighted by molar-refractivity contribution is 6.22. The summed E-state index contributed by atoms with van der Waals surface area (Å²) in [5.74, 6) is -0.188. The highest BCUT2D eigenvalue weighted by Gasteiger charge is 2.23. The summed E-state index contributed by atoms with van der Waals surface area (Å²) in [6, 6.07) is 0. The zero-order chi connectivity index (χ0) is 8.27. The van der Waals surface area contributed by atoms with E-state index < -0.39 is 0 Å². The van der Waals surface area contributed by atoms with Gasteiger partial charge >= 0.3 is 5.97 Å². The van der Waals surface area contributed by atoms with Gasteiger partial charge in [-0.3, -0.25) is 4.79 Å². The number of ether oxygens (including phenoxy) is 1. The van der Waals surface area contributed by atoms with Crippen LogP contribution >= 0.6 is 11.6 Å². The van der Waals surface area contributed by atoms with Crippen molar-refractivity contribution in [2.24, 2.45) is 5.92 Å². The van der Waals surface area contributed by atoms with Gasteiger partial charge in [0.25, 0.3) is 0 Å². The summed E-state index contributed by atoms with van der Waals surface area (Å²) in [7, 11) is 1.41. The summed E-state index contributed by atoms with van der Waals surface area (Å²) in [5, 5.41) is -0.00662. The van der Waals surface area contributed by atoms with Crippen LogP contribution in [0.1, 0.15) is 12.8 Å². The zero-order valence-electron chi connectivity index (χ0n) is 6.42. The van der Waals surface area contributed by atoms with Gasteiger partial charge in [-0.1, -0.05) is 12.2 Å². The number of halogens is 1. The fourth-order valence-corrected chi connectivity index (χ4v) is 1.51. The summed E-state index contributed by atoms with van der Waals surface area (Å²) in [4.78, 5) is 11.0. The van der Waals surface area contributed by atoms with Gasteiger partial charge in [0.2, 0.25) is 0 Å². The summed E-state index contributed by atoms with van der Waals surface area (Å²) in [6.07, 6.45) is 5.31. The molecule has 0 aliphatic heterocycles. The van der Waals surface area contributed by atoms with E-state index in [0.29, 0.717) is 6.42 Å². The molecule has 0 aromatic heterocycles. The third-order valence-electron chi connectivity index (χ3n) is 1.81. The van der Waals surface area contributed by atoms with Gasteiger partial charge in [0.15, 0.2) is 0 Å². The van der Waals surface area contributed by atoms with E-state index in [0.717, 1.165) is 6.42 Å². The maximum absolute atomic E-state index is 11.0. The molecule has 0 saturated heterocycles. The first kappa shape index (κ1) is 8.60. The highest BCUT2D eigenvalue weighted by Crippen LogP contribution is 2.22. The third kappa shape index (κ3) is 2.22. The standard InChI is InChI=1S/C8H11ClO2/c1-11-8(10)6-3-2-4-7(9)5-6/h2,4,6-7H,3,5H2,1H3. The first-order valence-electron chi connectivity index (χ1n) is 3.62. The average molecular weight is 175 g/mol. The van der Waals surface area contributed by atoms with Crippen LogP contribution in [-0.2, 0) is 9.53 Å². The van der Waals surface area contributed by atoms with Crippen molar-refractivity contribution in [1.82, 2.24) is 0 Å². The van der Waals surface area contributed by atoms with Gasteiger partial charge in [0.05, 0.1) is 18.4 Å². The largest absolute Gasteiger partial charge is 0.469 e. The van der Waals surface area contributed by atoms with Crippen molar-refractivity contribution in [2.75, 3.05) is 7.11 Å². The molecule has 0 fully saturated rings. The Morgan fingerprint density at radius 1 is 1.73 bits per heavy atom. The van der Waals surface area contributed by atoms with Crippen LogP contribution in [0.4, 0.5) is 0 Å². The molecule has 0 saturated carbocycles. The van der Waals surface area contributed by atoms with E-state index >= 15 is 0 Å². The van der Waals surface area contributed by atoms with Gasteiger partial charge in [-0.15, -0.1) is 11.6 Å². The molecule has 0 spiro atoms. The number of carbonyl (C=O) groups is 1. The van der Waals surface area contributed by atoms with E-state index in [4.69, 9.17) is 11.6 Å². The van der Waals surface area contributed by atoms with Crippen LogP contribution in [0.5, 0.6) is 0 Å². The minimum Gasteiger partial charge on any atom is -0.469 e. The van der Waals surface area contributed by atoms with Gasteiger partial charge < -0.3 is 4.74 Å². The van der Waals surface area contributed by atoms with Crippen LogP contribution in [0, 0.1) is 5.92 Å². The lowest BCUT2D eigenvalue weighted by Gasteiger charge is -2.18. The molecule has 0 bridgehead atoms. The quantitative estimate of drug-likeness (QED) is 0.344. The molecule has 1 aliphatic rings. The van der Waals surface area contributed by atoms with Crippen LogP contribution in [0.25, 0.3) is 0 Å². The number of alkyl halides is 1. The Balaban J connectivity index is 2.49. The minimum atomic E-state index is -0.153. The van der Waals surface area contributed by atoms with Crippen LogP contribution < -0.4 is 0 Å².